The Morgan fingerprint density at radius 1 is 0.833 bits per heavy atom. The highest BCUT2D eigenvalue weighted by atomic mass is 15.5. The predicted molar refractivity (Wildman–Crippen MR) is 35.7 cm³/mol. The number of rotatable bonds is 1. The number of nitrogens with two attached hydrogens (primary N) is 2. The van der Waals surface area contributed by atoms with E-state index in [9.17, 15) is 0 Å². The highest BCUT2D eigenvalue weighted by Crippen LogP contribution is 1.99. The van der Waals surface area contributed by atoms with Gasteiger partial charge in [-0.3, -0.25) is 11.7 Å². The molecule has 10 nitrogen and oxygen atoms in total. The normalized spacial score (nSPS) is 8.83. The van der Waals surface area contributed by atoms with Crippen molar-refractivity contribution in [1.82, 2.24) is 41.2 Å². The molecule has 0 amide bonds. The van der Waals surface area contributed by atoms with Crippen molar-refractivity contribution in [3.05, 3.63) is 0 Å². The van der Waals surface area contributed by atoms with Gasteiger partial charge in [0.15, 0.2) is 0 Å². The molecule has 0 bridgehead atoms. The summed E-state index contributed by atoms with van der Waals surface area (Å²) in [5.74, 6) is 8.66. The maximum atomic E-state index is 4.00. The first-order chi connectivity index (χ1) is 5.97. The third kappa shape index (κ3) is 1.56. The van der Waals surface area contributed by atoms with Crippen LogP contribution in [0.1, 0.15) is 0 Å². The maximum Gasteiger partial charge on any atom is 0.245 e. The molecule has 0 spiro atoms. The van der Waals surface area contributed by atoms with Gasteiger partial charge in [-0.1, -0.05) is 0 Å². The molecule has 0 aliphatic heterocycles. The fourth-order valence-electron chi connectivity index (χ4n) is 0.513. The van der Waals surface area contributed by atoms with Gasteiger partial charge in [0.05, 0.1) is 0 Å². The maximum absolute atomic E-state index is 4.00. The first kappa shape index (κ1) is 8.16. The Labute approximate surface area is 65.7 Å². The number of hydrazine groups is 1. The topological polar surface area (TPSA) is 161 Å². The van der Waals surface area contributed by atoms with Crippen LogP contribution in [-0.4, -0.2) is 41.2 Å². The van der Waals surface area contributed by atoms with E-state index in [0.29, 0.717) is 11.6 Å². The summed E-state index contributed by atoms with van der Waals surface area (Å²) in [6.07, 6.45) is 0. The third-order valence-corrected chi connectivity index (χ3v) is 0.891. The van der Waals surface area contributed by atoms with Gasteiger partial charge in [-0.2, -0.15) is 10.4 Å². The van der Waals surface area contributed by atoms with Gasteiger partial charge in [0.2, 0.25) is 11.6 Å². The van der Waals surface area contributed by atoms with E-state index in [2.05, 4.69) is 52.9 Å². The molecule has 6 N–H and O–H groups in total. The molecule has 10 heteroatoms. The summed E-state index contributed by atoms with van der Waals surface area (Å²) in [5, 5.41) is 25.7. The van der Waals surface area contributed by atoms with E-state index < -0.39 is 0 Å². The first-order valence-electron chi connectivity index (χ1n) is 2.77. The number of hydrogen-bond donors (Lipinski definition) is 4. The molecule has 2 heterocycles. The zero-order valence-electron chi connectivity index (χ0n) is 5.84. The molecule has 2 aromatic rings. The van der Waals surface area contributed by atoms with Crippen LogP contribution in [0.15, 0.2) is 0 Å². The smallest absolute Gasteiger partial charge is 0.245 e. The Morgan fingerprint density at radius 2 is 1.25 bits per heavy atom. The van der Waals surface area contributed by atoms with Crippen molar-refractivity contribution in [2.45, 2.75) is 0 Å². The quantitative estimate of drug-likeness (QED) is 0.263. The fraction of sp³-hybridized carbons (Fsp3) is 0. The van der Waals surface area contributed by atoms with Crippen LogP contribution in [0.4, 0.5) is 0 Å². The van der Waals surface area contributed by atoms with Gasteiger partial charge in [-0.05, 0) is 10.4 Å². The van der Waals surface area contributed by atoms with Crippen molar-refractivity contribution in [2.24, 2.45) is 11.7 Å². The van der Waals surface area contributed by atoms with Crippen molar-refractivity contribution in [3.63, 3.8) is 0 Å². The lowest BCUT2D eigenvalue weighted by molar-refractivity contribution is 0.881. The number of tetrazole rings is 2. The number of aromatic nitrogens is 8. The van der Waals surface area contributed by atoms with Gasteiger partial charge in [-0.25, -0.2) is 0 Å². The summed E-state index contributed by atoms with van der Waals surface area (Å²) in [5.41, 5.74) is 0. The summed E-state index contributed by atoms with van der Waals surface area (Å²) in [6.45, 7) is 0. The molecular weight excluding hydrogens is 164 g/mol. The Kier molecular flexibility index (Phi) is 2.75. The summed E-state index contributed by atoms with van der Waals surface area (Å²) in [4.78, 5) is 0. The number of nitrogens with zero attached hydrogens (tertiary/aromatic N) is 6. The first-order valence-corrected chi connectivity index (χ1v) is 2.77. The number of aromatic amines is 2. The van der Waals surface area contributed by atoms with Crippen LogP contribution in [-0.2, 0) is 0 Å². The third-order valence-electron chi connectivity index (χ3n) is 0.891. The molecule has 0 fully saturated rings. The van der Waals surface area contributed by atoms with Crippen LogP contribution in [0, 0.1) is 0 Å². The molecule has 0 aromatic carbocycles. The summed E-state index contributed by atoms with van der Waals surface area (Å²) in [6, 6.07) is 0. The van der Waals surface area contributed by atoms with E-state index >= 15 is 0 Å². The van der Waals surface area contributed by atoms with Gasteiger partial charge in [0.1, 0.15) is 0 Å². The highest BCUT2D eigenvalue weighted by molar-refractivity contribution is 5.37. The molecule has 0 aliphatic carbocycles. The molecule has 0 saturated carbocycles. The SMILES string of the molecule is NN.n1nc(-c2nn[nH]n2)n[nH]1. The van der Waals surface area contributed by atoms with E-state index in [-0.39, 0.29) is 0 Å². The minimum Gasteiger partial charge on any atom is -0.274 e. The minimum absolute atomic E-state index is 0.328. The van der Waals surface area contributed by atoms with E-state index in [1.54, 1.807) is 0 Å². The number of hydrogen-bond acceptors (Lipinski definition) is 8. The Bertz CT molecular complexity index is 247. The Hall–Kier alpha value is -1.94. The Balaban J connectivity index is 0.000000336. The summed E-state index contributed by atoms with van der Waals surface area (Å²) >= 11 is 0. The van der Waals surface area contributed by atoms with Crippen LogP contribution in [0.5, 0.6) is 0 Å². The van der Waals surface area contributed by atoms with E-state index in [1.807, 2.05) is 0 Å². The molecule has 0 atom stereocenters. The van der Waals surface area contributed by atoms with Gasteiger partial charge in [0.25, 0.3) is 0 Å². The molecule has 12 heavy (non-hydrogen) atoms. The standard InChI is InChI=1S/C2H2N8.H4N2/c3-1(4-8-7-3)2-5-9-10-6-2;1-2/h(H,3,4,7,8)(H,5,6,9,10);1-2H2. The van der Waals surface area contributed by atoms with Gasteiger partial charge >= 0.3 is 0 Å². The van der Waals surface area contributed by atoms with Gasteiger partial charge < -0.3 is 0 Å². The van der Waals surface area contributed by atoms with Crippen LogP contribution in [0.3, 0.4) is 0 Å². The lowest BCUT2D eigenvalue weighted by Gasteiger charge is -1.74. The van der Waals surface area contributed by atoms with Crippen molar-refractivity contribution in [3.8, 4) is 11.6 Å². The van der Waals surface area contributed by atoms with Gasteiger partial charge in [-0.15, -0.1) is 20.4 Å². The lowest BCUT2D eigenvalue weighted by atomic mass is 10.6. The molecule has 0 radical (unpaired) electrons. The zero-order chi connectivity index (χ0) is 8.81. The highest BCUT2D eigenvalue weighted by Gasteiger charge is 2.05. The van der Waals surface area contributed by atoms with Crippen molar-refractivity contribution >= 4 is 0 Å². The predicted octanol–water partition coefficient (Wildman–Crippen LogP) is -2.80. The second kappa shape index (κ2) is 4.05. The summed E-state index contributed by atoms with van der Waals surface area (Å²) < 4.78 is 0. The number of H-pyrrole nitrogens is 2. The van der Waals surface area contributed by atoms with Crippen molar-refractivity contribution < 1.29 is 0 Å². The van der Waals surface area contributed by atoms with Crippen molar-refractivity contribution in [1.29, 1.82) is 0 Å². The molecular formula is C2H6N10. The van der Waals surface area contributed by atoms with E-state index in [1.165, 1.54) is 0 Å². The zero-order valence-corrected chi connectivity index (χ0v) is 5.84. The van der Waals surface area contributed by atoms with Crippen LogP contribution in [0.25, 0.3) is 11.6 Å². The van der Waals surface area contributed by atoms with E-state index in [4.69, 9.17) is 0 Å². The van der Waals surface area contributed by atoms with Crippen LogP contribution in [0.2, 0.25) is 0 Å². The molecule has 0 saturated heterocycles. The summed E-state index contributed by atoms with van der Waals surface area (Å²) in [7, 11) is 0. The van der Waals surface area contributed by atoms with Crippen molar-refractivity contribution in [2.75, 3.05) is 0 Å². The van der Waals surface area contributed by atoms with Crippen LogP contribution < -0.4 is 11.7 Å². The minimum atomic E-state index is 0.328. The average Bonchev–Trinajstić information content (AvgIpc) is 2.80. The molecule has 2 rings (SSSR count). The Morgan fingerprint density at radius 3 is 1.50 bits per heavy atom. The molecule has 64 valence electrons. The average molecular weight is 170 g/mol. The molecule has 2 aromatic heterocycles. The largest absolute Gasteiger partial charge is 0.274 e. The fourth-order valence-corrected chi connectivity index (χ4v) is 0.513. The van der Waals surface area contributed by atoms with E-state index in [0.717, 1.165) is 0 Å². The second-order valence-corrected chi connectivity index (χ2v) is 1.47. The second-order valence-electron chi connectivity index (χ2n) is 1.47. The molecule has 0 unspecified atom stereocenters. The molecule has 0 aliphatic rings. The lowest BCUT2D eigenvalue weighted by Crippen LogP contribution is -2.02. The van der Waals surface area contributed by atoms with Gasteiger partial charge in [0, 0.05) is 0 Å². The monoisotopic (exact) mass is 170 g/mol. The van der Waals surface area contributed by atoms with Crippen LogP contribution >= 0.6 is 0 Å². The number of nitrogens with one attached hydrogen (secondary N) is 2.